The molecule has 0 radical (unpaired) electrons. The zero-order chi connectivity index (χ0) is 23.7. The van der Waals surface area contributed by atoms with E-state index >= 15 is 0 Å². The molecule has 9 heteroatoms. The third kappa shape index (κ3) is 4.57. The van der Waals surface area contributed by atoms with Crippen LogP contribution >= 0.6 is 11.3 Å². The van der Waals surface area contributed by atoms with Gasteiger partial charge in [-0.1, -0.05) is 18.2 Å². The molecule has 1 N–H and O–H groups in total. The Morgan fingerprint density at radius 1 is 1.03 bits per heavy atom. The third-order valence-electron chi connectivity index (χ3n) is 5.91. The Morgan fingerprint density at radius 2 is 1.74 bits per heavy atom. The standard InChI is InChI=1S/C25H24FN5O2S/c1-17-21-15-22(34-25(21)31(28-17)20-5-3-2-4-6-20)24(33)30-13-11-29(12-14-30)16-23(32)27-19-9-7-18(26)8-10-19/h2-10,15H,11-14,16H2,1H3,(H,27,32). The number of hydrogen-bond donors (Lipinski definition) is 1. The predicted octanol–water partition coefficient (Wildman–Crippen LogP) is 3.93. The van der Waals surface area contributed by atoms with E-state index in [-0.39, 0.29) is 24.2 Å². The first-order valence-corrected chi connectivity index (χ1v) is 11.9. The molecular weight excluding hydrogens is 453 g/mol. The molecule has 3 heterocycles. The number of thiophene rings is 1. The molecule has 1 fully saturated rings. The van der Waals surface area contributed by atoms with Gasteiger partial charge < -0.3 is 10.2 Å². The lowest BCUT2D eigenvalue weighted by molar-refractivity contribution is -0.117. The molecule has 0 unspecified atom stereocenters. The number of carbonyl (C=O) groups excluding carboxylic acids is 2. The molecule has 2 aromatic carbocycles. The van der Waals surface area contributed by atoms with Crippen LogP contribution in [0.5, 0.6) is 0 Å². The highest BCUT2D eigenvalue weighted by Crippen LogP contribution is 2.31. The fraction of sp³-hybridized carbons (Fsp3) is 0.240. The minimum atomic E-state index is -0.343. The van der Waals surface area contributed by atoms with Crippen molar-refractivity contribution in [2.75, 3.05) is 38.0 Å². The summed E-state index contributed by atoms with van der Waals surface area (Å²) >= 11 is 1.46. The molecule has 5 rings (SSSR count). The number of hydrogen-bond acceptors (Lipinski definition) is 5. The maximum absolute atomic E-state index is 13.2. The Balaban J connectivity index is 1.21. The minimum Gasteiger partial charge on any atom is -0.335 e. The van der Waals surface area contributed by atoms with Crippen LogP contribution in [0.25, 0.3) is 15.9 Å². The summed E-state index contributed by atoms with van der Waals surface area (Å²) in [6.45, 7) is 4.53. The summed E-state index contributed by atoms with van der Waals surface area (Å²) in [6.07, 6.45) is 0. The van der Waals surface area contributed by atoms with Gasteiger partial charge >= 0.3 is 0 Å². The second-order valence-corrected chi connectivity index (χ2v) is 9.32. The van der Waals surface area contributed by atoms with E-state index in [4.69, 9.17) is 0 Å². The van der Waals surface area contributed by atoms with Crippen LogP contribution in [0.3, 0.4) is 0 Å². The number of carbonyl (C=O) groups is 2. The second kappa shape index (κ2) is 9.36. The highest BCUT2D eigenvalue weighted by atomic mass is 32.1. The molecule has 2 amide bonds. The van der Waals surface area contributed by atoms with Crippen molar-refractivity contribution in [3.05, 3.63) is 77.1 Å². The lowest BCUT2D eigenvalue weighted by atomic mass is 10.2. The summed E-state index contributed by atoms with van der Waals surface area (Å²) in [5.74, 6) is -0.488. The van der Waals surface area contributed by atoms with Gasteiger partial charge in [0, 0.05) is 37.3 Å². The topological polar surface area (TPSA) is 70.5 Å². The van der Waals surface area contributed by atoms with E-state index < -0.39 is 0 Å². The minimum absolute atomic E-state index is 0.00984. The Labute approximate surface area is 200 Å². The molecule has 0 spiro atoms. The van der Waals surface area contributed by atoms with E-state index in [1.54, 1.807) is 0 Å². The quantitative estimate of drug-likeness (QED) is 0.473. The number of aromatic nitrogens is 2. The Hall–Kier alpha value is -3.56. The van der Waals surface area contributed by atoms with Gasteiger partial charge in [0.25, 0.3) is 5.91 Å². The monoisotopic (exact) mass is 477 g/mol. The number of benzene rings is 2. The average Bonchev–Trinajstić information content (AvgIpc) is 3.42. The lowest BCUT2D eigenvalue weighted by Gasteiger charge is -2.34. The van der Waals surface area contributed by atoms with Gasteiger partial charge in [0.15, 0.2) is 0 Å². The van der Waals surface area contributed by atoms with Crippen LogP contribution in [0, 0.1) is 12.7 Å². The molecule has 0 atom stereocenters. The molecule has 1 saturated heterocycles. The van der Waals surface area contributed by atoms with Gasteiger partial charge in [0.1, 0.15) is 10.6 Å². The zero-order valence-corrected chi connectivity index (χ0v) is 19.5. The largest absolute Gasteiger partial charge is 0.335 e. The van der Waals surface area contributed by atoms with E-state index in [0.717, 1.165) is 21.6 Å². The van der Waals surface area contributed by atoms with Crippen molar-refractivity contribution in [2.45, 2.75) is 6.92 Å². The van der Waals surface area contributed by atoms with Crippen LogP contribution < -0.4 is 5.32 Å². The SMILES string of the molecule is Cc1nn(-c2ccccc2)c2sc(C(=O)N3CCN(CC(=O)Nc4ccc(F)cc4)CC3)cc12. The second-order valence-electron chi connectivity index (χ2n) is 8.29. The van der Waals surface area contributed by atoms with Gasteiger partial charge in [-0.2, -0.15) is 5.10 Å². The van der Waals surface area contributed by atoms with Crippen LogP contribution in [0.15, 0.2) is 60.7 Å². The molecule has 1 aliphatic rings. The molecule has 2 aromatic heterocycles. The highest BCUT2D eigenvalue weighted by molar-refractivity contribution is 7.20. The fourth-order valence-corrected chi connectivity index (χ4v) is 5.25. The molecular formula is C25H24FN5O2S. The van der Waals surface area contributed by atoms with Crippen molar-refractivity contribution in [2.24, 2.45) is 0 Å². The summed E-state index contributed by atoms with van der Waals surface area (Å²) < 4.78 is 14.9. The first kappa shape index (κ1) is 22.2. The molecule has 0 bridgehead atoms. The number of rotatable bonds is 5. The van der Waals surface area contributed by atoms with E-state index in [0.29, 0.717) is 36.7 Å². The zero-order valence-electron chi connectivity index (χ0n) is 18.7. The molecule has 174 valence electrons. The fourth-order valence-electron chi connectivity index (χ4n) is 4.10. The molecule has 34 heavy (non-hydrogen) atoms. The van der Waals surface area contributed by atoms with Gasteiger partial charge in [-0.25, -0.2) is 9.07 Å². The maximum Gasteiger partial charge on any atom is 0.264 e. The number of para-hydroxylation sites is 1. The Morgan fingerprint density at radius 3 is 2.44 bits per heavy atom. The van der Waals surface area contributed by atoms with Gasteiger partial charge in [-0.15, -0.1) is 11.3 Å². The molecule has 4 aromatic rings. The highest BCUT2D eigenvalue weighted by Gasteiger charge is 2.26. The van der Waals surface area contributed by atoms with E-state index in [9.17, 15) is 14.0 Å². The number of nitrogens with one attached hydrogen (secondary N) is 1. The predicted molar refractivity (Wildman–Crippen MR) is 131 cm³/mol. The maximum atomic E-state index is 13.2. The first-order valence-electron chi connectivity index (χ1n) is 11.1. The number of anilines is 1. The van der Waals surface area contributed by atoms with Crippen molar-refractivity contribution in [3.63, 3.8) is 0 Å². The van der Waals surface area contributed by atoms with Crippen molar-refractivity contribution in [3.8, 4) is 5.69 Å². The van der Waals surface area contributed by atoms with Crippen LogP contribution in [0.1, 0.15) is 15.4 Å². The molecule has 0 aliphatic carbocycles. The summed E-state index contributed by atoms with van der Waals surface area (Å²) in [6, 6.07) is 17.5. The van der Waals surface area contributed by atoms with Crippen molar-refractivity contribution in [1.29, 1.82) is 0 Å². The van der Waals surface area contributed by atoms with Gasteiger partial charge in [-0.05, 0) is 49.4 Å². The number of amides is 2. The summed E-state index contributed by atoms with van der Waals surface area (Å²) in [5, 5.41) is 8.42. The van der Waals surface area contributed by atoms with E-state index in [2.05, 4.69) is 10.4 Å². The van der Waals surface area contributed by atoms with Crippen LogP contribution in [-0.4, -0.2) is 64.1 Å². The number of fused-ring (bicyclic) bond motifs is 1. The third-order valence-corrected chi connectivity index (χ3v) is 7.01. The van der Waals surface area contributed by atoms with E-state index in [1.165, 1.54) is 35.6 Å². The van der Waals surface area contributed by atoms with Crippen LogP contribution in [0.4, 0.5) is 10.1 Å². The Bertz CT molecular complexity index is 1320. The van der Waals surface area contributed by atoms with Crippen LogP contribution in [-0.2, 0) is 4.79 Å². The van der Waals surface area contributed by atoms with Gasteiger partial charge in [0.05, 0.1) is 22.8 Å². The average molecular weight is 478 g/mol. The van der Waals surface area contributed by atoms with Gasteiger partial charge in [0.2, 0.25) is 5.91 Å². The summed E-state index contributed by atoms with van der Waals surface area (Å²) in [7, 11) is 0. The summed E-state index contributed by atoms with van der Waals surface area (Å²) in [4.78, 5) is 31.0. The number of aryl methyl sites for hydroxylation is 1. The van der Waals surface area contributed by atoms with Crippen LogP contribution in [0.2, 0.25) is 0 Å². The first-order chi connectivity index (χ1) is 16.5. The van der Waals surface area contributed by atoms with Gasteiger partial charge in [-0.3, -0.25) is 14.5 Å². The summed E-state index contributed by atoms with van der Waals surface area (Å²) in [5.41, 5.74) is 2.43. The van der Waals surface area contributed by atoms with E-state index in [1.807, 2.05) is 57.8 Å². The molecule has 0 saturated carbocycles. The number of nitrogens with zero attached hydrogens (tertiary/aromatic N) is 4. The van der Waals surface area contributed by atoms with Crippen molar-refractivity contribution >= 4 is 39.1 Å². The lowest BCUT2D eigenvalue weighted by Crippen LogP contribution is -2.50. The Kier molecular flexibility index (Phi) is 6.12. The molecule has 1 aliphatic heterocycles. The normalized spacial score (nSPS) is 14.5. The number of piperazine rings is 1. The number of halogens is 1. The molecule has 7 nitrogen and oxygen atoms in total. The van der Waals surface area contributed by atoms with Crippen molar-refractivity contribution < 1.29 is 14.0 Å². The smallest absolute Gasteiger partial charge is 0.264 e. The van der Waals surface area contributed by atoms with Crippen molar-refractivity contribution in [1.82, 2.24) is 19.6 Å².